The number of nitrogens with zero attached hydrogens (tertiary/aromatic N) is 1. The molecule has 15 nitrogen and oxygen atoms in total. The molecule has 1 aromatic carbocycles. The number of carbonyl (C=O) groups excluding carboxylic acids is 4. The van der Waals surface area contributed by atoms with Crippen LogP contribution in [-0.4, -0.2) is 108 Å². The molecule has 1 saturated heterocycles. The predicted octanol–water partition coefficient (Wildman–Crippen LogP) is 1.71. The van der Waals surface area contributed by atoms with Gasteiger partial charge in [0.05, 0.1) is 24.5 Å². The molecule has 1 aromatic rings. The monoisotopic (exact) mass is 687 g/mol. The molecule has 4 aliphatic rings. The van der Waals surface area contributed by atoms with Gasteiger partial charge >= 0.3 is 24.0 Å². The fourth-order valence-corrected chi connectivity index (χ4v) is 7.47. The van der Waals surface area contributed by atoms with Crippen molar-refractivity contribution in [3.05, 3.63) is 35.1 Å². The van der Waals surface area contributed by atoms with E-state index in [2.05, 4.69) is 15.5 Å². The summed E-state index contributed by atoms with van der Waals surface area (Å²) < 4.78 is 28.2. The number of hydrogen-bond donors (Lipinski definition) is 4. The standard InChI is InChI=1S/C34H45N3O12/c1-18(46-25(39)12-15-35-24(38)10-8-20(29(40)41)36-31(43)49-32(2,3)4)30(42)47-22-11-13-34(44)23-17-19-7-9-21(45-6)27-26(19)33(34,28(22)48-27)14-16-37(23)5/h7,9,11,18,20,23,28,44H,8,10,12-17H2,1-6H3,(H,35,38)(H,36,43)(H,40,41)/t18?,20?,23-,28+,33+,34-/m1/s1. The van der Waals surface area contributed by atoms with Gasteiger partial charge in [-0.15, -0.1) is 0 Å². The summed E-state index contributed by atoms with van der Waals surface area (Å²) in [5.74, 6) is -2.16. The molecule has 2 amide bonds. The van der Waals surface area contributed by atoms with Crippen LogP contribution in [0.2, 0.25) is 0 Å². The number of rotatable bonds is 12. The lowest BCUT2D eigenvalue weighted by Gasteiger charge is -2.61. The topological polar surface area (TPSA) is 199 Å². The predicted molar refractivity (Wildman–Crippen MR) is 171 cm³/mol. The van der Waals surface area contributed by atoms with Gasteiger partial charge in [-0.3, -0.25) is 9.59 Å². The van der Waals surface area contributed by atoms with E-state index >= 15 is 0 Å². The first-order valence-corrected chi connectivity index (χ1v) is 16.4. The number of likely N-dealkylation sites (N-methyl/N-ethyl adjacent to an activating group) is 1. The molecule has 2 bridgehead atoms. The minimum Gasteiger partial charge on any atom is -0.493 e. The number of ether oxygens (including phenoxy) is 5. The molecule has 0 aromatic heterocycles. The summed E-state index contributed by atoms with van der Waals surface area (Å²) in [6.07, 6.45) is -0.596. The van der Waals surface area contributed by atoms with E-state index in [0.717, 1.165) is 11.1 Å². The molecule has 2 heterocycles. The van der Waals surface area contributed by atoms with Crippen LogP contribution in [-0.2, 0) is 45.2 Å². The highest BCUT2D eigenvalue weighted by Crippen LogP contribution is 2.65. The summed E-state index contributed by atoms with van der Waals surface area (Å²) in [6, 6.07) is 2.33. The van der Waals surface area contributed by atoms with Crippen molar-refractivity contribution in [1.82, 2.24) is 15.5 Å². The minimum atomic E-state index is -1.35. The second-order valence-corrected chi connectivity index (χ2v) is 14.0. The quantitative estimate of drug-likeness (QED) is 0.183. The number of carboxylic acid groups (broad SMARTS) is 1. The number of alkyl carbamates (subject to hydrolysis) is 1. The summed E-state index contributed by atoms with van der Waals surface area (Å²) in [7, 11) is 3.55. The van der Waals surface area contributed by atoms with Crippen molar-refractivity contribution in [1.29, 1.82) is 0 Å². The largest absolute Gasteiger partial charge is 0.493 e. The minimum absolute atomic E-state index is 0.128. The number of methoxy groups -OCH3 is 1. The van der Waals surface area contributed by atoms with Crippen LogP contribution in [0.1, 0.15) is 70.9 Å². The SMILES string of the molecule is COc1ccc2c3c1O[C@H]1C(OC(=O)C(C)OC(=O)CCNC(=O)CCC(NC(=O)OC(C)(C)C)C(=O)O)=CC[C@@]4(O)[C@@H](C2)N(C)CC[C@]314. The van der Waals surface area contributed by atoms with Gasteiger partial charge in [-0.1, -0.05) is 6.07 Å². The molecule has 2 aliphatic heterocycles. The van der Waals surface area contributed by atoms with Crippen LogP contribution in [0, 0.1) is 0 Å². The lowest BCUT2D eigenvalue weighted by molar-refractivity contribution is -0.175. The van der Waals surface area contributed by atoms with E-state index in [1.54, 1.807) is 34.0 Å². The maximum absolute atomic E-state index is 13.2. The first kappa shape index (κ1) is 35.9. The first-order chi connectivity index (χ1) is 23.0. The number of carbonyl (C=O) groups is 5. The number of carboxylic acids is 1. The van der Waals surface area contributed by atoms with Crippen molar-refractivity contribution in [2.24, 2.45) is 0 Å². The molecule has 0 saturated carbocycles. The highest BCUT2D eigenvalue weighted by atomic mass is 16.6. The Labute approximate surface area is 284 Å². The third-order valence-corrected chi connectivity index (χ3v) is 9.72. The van der Waals surface area contributed by atoms with Crippen LogP contribution in [0.15, 0.2) is 24.0 Å². The number of aliphatic carboxylic acids is 1. The zero-order valence-electron chi connectivity index (χ0n) is 28.6. The number of esters is 2. The van der Waals surface area contributed by atoms with Gasteiger partial charge in [-0.2, -0.15) is 0 Å². The Morgan fingerprint density at radius 3 is 2.57 bits per heavy atom. The number of likely N-dealkylation sites (tertiary alicyclic amines) is 1. The van der Waals surface area contributed by atoms with E-state index in [0.29, 0.717) is 30.9 Å². The van der Waals surface area contributed by atoms with E-state index < -0.39 is 64.8 Å². The van der Waals surface area contributed by atoms with Crippen molar-refractivity contribution in [2.45, 2.75) is 107 Å². The third kappa shape index (κ3) is 6.78. The fraction of sp³-hybridized carbons (Fsp3) is 0.618. The Hall–Kier alpha value is -4.37. The van der Waals surface area contributed by atoms with Crippen molar-refractivity contribution >= 4 is 29.9 Å². The van der Waals surface area contributed by atoms with E-state index in [1.165, 1.54) is 6.92 Å². The summed E-state index contributed by atoms with van der Waals surface area (Å²) in [6.45, 7) is 6.85. The summed E-state index contributed by atoms with van der Waals surface area (Å²) in [5, 5.41) is 26.4. The zero-order valence-corrected chi connectivity index (χ0v) is 28.6. The molecule has 4 N–H and O–H groups in total. The van der Waals surface area contributed by atoms with Gasteiger partial charge in [0.15, 0.2) is 23.7 Å². The highest BCUT2D eigenvalue weighted by Gasteiger charge is 2.72. The number of piperidine rings is 1. The summed E-state index contributed by atoms with van der Waals surface area (Å²) in [4.78, 5) is 63.6. The molecular weight excluding hydrogens is 642 g/mol. The van der Waals surface area contributed by atoms with E-state index in [1.807, 2.05) is 19.2 Å². The normalized spacial score (nSPS) is 26.1. The summed E-state index contributed by atoms with van der Waals surface area (Å²) in [5.41, 5.74) is -0.905. The Morgan fingerprint density at radius 1 is 1.16 bits per heavy atom. The van der Waals surface area contributed by atoms with Crippen molar-refractivity contribution in [3.63, 3.8) is 0 Å². The fourth-order valence-electron chi connectivity index (χ4n) is 7.47. The maximum atomic E-state index is 13.2. The van der Waals surface area contributed by atoms with Crippen molar-refractivity contribution in [2.75, 3.05) is 27.2 Å². The van der Waals surface area contributed by atoms with Gasteiger partial charge in [0.25, 0.3) is 0 Å². The third-order valence-electron chi connectivity index (χ3n) is 9.72. The van der Waals surface area contributed by atoms with Crippen LogP contribution in [0.25, 0.3) is 0 Å². The van der Waals surface area contributed by atoms with Crippen LogP contribution in [0.4, 0.5) is 4.79 Å². The number of benzene rings is 1. The van der Waals surface area contributed by atoms with Gasteiger partial charge in [0, 0.05) is 31.0 Å². The molecule has 6 atom stereocenters. The van der Waals surface area contributed by atoms with Gasteiger partial charge in [-0.05, 0) is 78.3 Å². The molecule has 49 heavy (non-hydrogen) atoms. The Bertz CT molecular complexity index is 1550. The number of aliphatic hydroxyl groups is 1. The Kier molecular flexibility index (Phi) is 9.90. The van der Waals surface area contributed by atoms with Crippen molar-refractivity contribution < 1.29 is 57.9 Å². The molecule has 0 radical (unpaired) electrons. The van der Waals surface area contributed by atoms with Crippen LogP contribution in [0.5, 0.6) is 11.5 Å². The second-order valence-electron chi connectivity index (χ2n) is 14.0. The maximum Gasteiger partial charge on any atom is 0.408 e. The van der Waals surface area contributed by atoms with Crippen LogP contribution < -0.4 is 20.1 Å². The molecule has 5 rings (SSSR count). The summed E-state index contributed by atoms with van der Waals surface area (Å²) >= 11 is 0. The van der Waals surface area contributed by atoms with Crippen LogP contribution >= 0.6 is 0 Å². The lowest BCUT2D eigenvalue weighted by atomic mass is 9.50. The second kappa shape index (κ2) is 13.5. The van der Waals surface area contributed by atoms with Gasteiger partial charge < -0.3 is 49.4 Å². The van der Waals surface area contributed by atoms with Gasteiger partial charge in [0.1, 0.15) is 17.4 Å². The first-order valence-electron chi connectivity index (χ1n) is 16.4. The zero-order chi connectivity index (χ0) is 35.9. The Balaban J connectivity index is 1.14. The van der Waals surface area contributed by atoms with Gasteiger partial charge in [0.2, 0.25) is 5.91 Å². The van der Waals surface area contributed by atoms with Crippen LogP contribution in [0.3, 0.4) is 0 Å². The highest BCUT2D eigenvalue weighted by molar-refractivity contribution is 5.83. The molecule has 2 unspecified atom stereocenters. The number of nitrogens with one attached hydrogen (secondary N) is 2. The lowest BCUT2D eigenvalue weighted by Crippen LogP contribution is -2.74. The molecule has 1 fully saturated rings. The van der Waals surface area contributed by atoms with Crippen molar-refractivity contribution in [3.8, 4) is 11.5 Å². The molecular formula is C34H45N3O12. The molecule has 15 heteroatoms. The molecule has 1 spiro atoms. The Morgan fingerprint density at radius 2 is 1.90 bits per heavy atom. The van der Waals surface area contributed by atoms with E-state index in [-0.39, 0.29) is 44.0 Å². The number of hydrogen-bond acceptors (Lipinski definition) is 12. The smallest absolute Gasteiger partial charge is 0.408 e. The van der Waals surface area contributed by atoms with E-state index in [4.69, 9.17) is 23.7 Å². The number of amides is 2. The molecule has 2 aliphatic carbocycles. The average molecular weight is 688 g/mol. The van der Waals surface area contributed by atoms with E-state index in [9.17, 15) is 34.2 Å². The van der Waals surface area contributed by atoms with Gasteiger partial charge in [-0.25, -0.2) is 14.4 Å². The average Bonchev–Trinajstić information content (AvgIpc) is 3.37. The molecule has 268 valence electrons.